The van der Waals surface area contributed by atoms with Crippen LogP contribution in [-0.2, 0) is 13.7 Å². The van der Waals surface area contributed by atoms with Crippen LogP contribution < -0.4 is 5.56 Å². The minimum absolute atomic E-state index is 0.126. The van der Waals surface area contributed by atoms with E-state index in [1.54, 1.807) is 17.7 Å². The number of pyridine rings is 1. The van der Waals surface area contributed by atoms with Crippen LogP contribution in [0.1, 0.15) is 11.1 Å². The summed E-state index contributed by atoms with van der Waals surface area (Å²) >= 11 is 0. The Balaban J connectivity index is 2.98. The fourth-order valence-corrected chi connectivity index (χ4v) is 1.94. The maximum Gasteiger partial charge on any atom is 0.256 e. The standard InChI is InChI=1S/C12H13NO2/c1-8-4-3-5-9-6-10(7-14)12(15)13(2)11(8)9/h3-6,14H,7H2,1-2H3. The molecule has 78 valence electrons. The van der Waals surface area contributed by atoms with Crippen LogP contribution in [0.25, 0.3) is 10.9 Å². The van der Waals surface area contributed by atoms with Crippen molar-refractivity contribution in [1.29, 1.82) is 0 Å². The van der Waals surface area contributed by atoms with E-state index in [0.717, 1.165) is 16.5 Å². The molecule has 0 radical (unpaired) electrons. The van der Waals surface area contributed by atoms with Gasteiger partial charge >= 0.3 is 0 Å². The minimum atomic E-state index is -0.212. The highest BCUT2D eigenvalue weighted by Crippen LogP contribution is 2.16. The van der Waals surface area contributed by atoms with Crippen molar-refractivity contribution in [3.05, 3.63) is 45.7 Å². The molecule has 0 saturated heterocycles. The summed E-state index contributed by atoms with van der Waals surface area (Å²) in [6, 6.07) is 7.62. The van der Waals surface area contributed by atoms with Crippen LogP contribution in [0.15, 0.2) is 29.1 Å². The number of aliphatic hydroxyl groups excluding tert-OH is 1. The monoisotopic (exact) mass is 203 g/mol. The van der Waals surface area contributed by atoms with Crippen molar-refractivity contribution in [2.45, 2.75) is 13.5 Å². The van der Waals surface area contributed by atoms with Crippen molar-refractivity contribution < 1.29 is 5.11 Å². The Hall–Kier alpha value is -1.61. The van der Waals surface area contributed by atoms with E-state index < -0.39 is 0 Å². The van der Waals surface area contributed by atoms with Gasteiger partial charge in [0.1, 0.15) is 0 Å². The molecule has 0 bridgehead atoms. The molecule has 0 atom stereocenters. The third kappa shape index (κ3) is 1.45. The Kier molecular flexibility index (Phi) is 2.32. The average Bonchev–Trinajstić information content (AvgIpc) is 2.23. The summed E-state index contributed by atoms with van der Waals surface area (Å²) in [6.07, 6.45) is 0. The normalized spacial score (nSPS) is 10.9. The van der Waals surface area contributed by atoms with E-state index in [1.807, 2.05) is 25.1 Å². The van der Waals surface area contributed by atoms with Crippen LogP contribution in [0, 0.1) is 6.92 Å². The first-order valence-electron chi connectivity index (χ1n) is 4.84. The summed E-state index contributed by atoms with van der Waals surface area (Å²) in [7, 11) is 1.73. The van der Waals surface area contributed by atoms with Gasteiger partial charge in [0.05, 0.1) is 12.1 Å². The van der Waals surface area contributed by atoms with E-state index in [4.69, 9.17) is 5.11 Å². The highest BCUT2D eigenvalue weighted by Gasteiger charge is 2.06. The van der Waals surface area contributed by atoms with E-state index in [0.29, 0.717) is 5.56 Å². The lowest BCUT2D eigenvalue weighted by molar-refractivity contribution is 0.279. The van der Waals surface area contributed by atoms with Crippen molar-refractivity contribution in [2.75, 3.05) is 0 Å². The zero-order valence-corrected chi connectivity index (χ0v) is 8.82. The lowest BCUT2D eigenvalue weighted by atomic mass is 10.1. The molecule has 0 amide bonds. The Bertz CT molecular complexity index is 570. The second kappa shape index (κ2) is 3.51. The Morgan fingerprint density at radius 1 is 1.40 bits per heavy atom. The predicted octanol–water partition coefficient (Wildman–Crippen LogP) is 1.34. The Morgan fingerprint density at radius 3 is 2.80 bits per heavy atom. The molecule has 0 fully saturated rings. The van der Waals surface area contributed by atoms with Gasteiger partial charge in [-0.3, -0.25) is 4.79 Å². The zero-order valence-electron chi connectivity index (χ0n) is 8.82. The molecule has 0 unspecified atom stereocenters. The number of hydrogen-bond donors (Lipinski definition) is 1. The molecule has 0 aliphatic rings. The quantitative estimate of drug-likeness (QED) is 0.760. The van der Waals surface area contributed by atoms with E-state index in [9.17, 15) is 4.79 Å². The summed E-state index contributed by atoms with van der Waals surface area (Å²) in [4.78, 5) is 11.8. The van der Waals surface area contributed by atoms with Gasteiger partial charge in [0.2, 0.25) is 0 Å². The molecule has 1 heterocycles. The van der Waals surface area contributed by atoms with Gasteiger partial charge in [0, 0.05) is 12.6 Å². The van der Waals surface area contributed by atoms with Crippen LogP contribution in [0.5, 0.6) is 0 Å². The number of benzene rings is 1. The van der Waals surface area contributed by atoms with E-state index >= 15 is 0 Å². The molecule has 0 aliphatic carbocycles. The van der Waals surface area contributed by atoms with Crippen molar-refractivity contribution in [1.82, 2.24) is 4.57 Å². The van der Waals surface area contributed by atoms with Crippen molar-refractivity contribution in [2.24, 2.45) is 7.05 Å². The number of aryl methyl sites for hydroxylation is 2. The van der Waals surface area contributed by atoms with Gasteiger partial charge in [0.15, 0.2) is 0 Å². The van der Waals surface area contributed by atoms with Gasteiger partial charge in [0.25, 0.3) is 5.56 Å². The van der Waals surface area contributed by atoms with Crippen LogP contribution in [0.3, 0.4) is 0 Å². The fraction of sp³-hybridized carbons (Fsp3) is 0.250. The highest BCUT2D eigenvalue weighted by atomic mass is 16.3. The Morgan fingerprint density at radius 2 is 2.13 bits per heavy atom. The molecule has 0 aliphatic heterocycles. The number of aromatic nitrogens is 1. The third-order valence-electron chi connectivity index (χ3n) is 2.68. The molecule has 1 N–H and O–H groups in total. The lowest BCUT2D eigenvalue weighted by Gasteiger charge is -2.09. The SMILES string of the molecule is Cc1cccc2cc(CO)c(=O)n(C)c12. The molecular formula is C12H13NO2. The molecule has 0 saturated carbocycles. The number of nitrogens with zero attached hydrogens (tertiary/aromatic N) is 1. The largest absolute Gasteiger partial charge is 0.391 e. The summed E-state index contributed by atoms with van der Waals surface area (Å²) in [5, 5.41) is 10.0. The number of para-hydroxylation sites is 1. The Labute approximate surface area is 87.6 Å². The van der Waals surface area contributed by atoms with E-state index in [-0.39, 0.29) is 12.2 Å². The molecule has 0 spiro atoms. The molecule has 3 heteroatoms. The molecule has 2 rings (SSSR count). The number of aliphatic hydroxyl groups is 1. The first-order chi connectivity index (χ1) is 7.15. The van der Waals surface area contributed by atoms with Crippen molar-refractivity contribution >= 4 is 10.9 Å². The van der Waals surface area contributed by atoms with Gasteiger partial charge in [-0.1, -0.05) is 18.2 Å². The maximum absolute atomic E-state index is 11.8. The first-order valence-corrected chi connectivity index (χ1v) is 4.84. The molecule has 1 aromatic heterocycles. The average molecular weight is 203 g/mol. The predicted molar refractivity (Wildman–Crippen MR) is 59.8 cm³/mol. The maximum atomic E-state index is 11.8. The topological polar surface area (TPSA) is 42.2 Å². The number of hydrogen-bond acceptors (Lipinski definition) is 2. The molecule has 1 aromatic carbocycles. The van der Waals surface area contributed by atoms with Crippen molar-refractivity contribution in [3.8, 4) is 0 Å². The lowest BCUT2D eigenvalue weighted by Crippen LogP contribution is -2.21. The van der Waals surface area contributed by atoms with Gasteiger partial charge in [-0.25, -0.2) is 0 Å². The van der Waals surface area contributed by atoms with Crippen LogP contribution in [-0.4, -0.2) is 9.67 Å². The third-order valence-corrected chi connectivity index (χ3v) is 2.68. The molecule has 2 aromatic rings. The molecular weight excluding hydrogens is 190 g/mol. The van der Waals surface area contributed by atoms with Crippen LogP contribution >= 0.6 is 0 Å². The second-order valence-corrected chi connectivity index (χ2v) is 3.70. The van der Waals surface area contributed by atoms with E-state index in [1.165, 1.54) is 0 Å². The summed E-state index contributed by atoms with van der Waals surface area (Å²) in [6.45, 7) is 1.76. The van der Waals surface area contributed by atoms with Gasteiger partial charge in [-0.2, -0.15) is 0 Å². The number of rotatable bonds is 1. The minimum Gasteiger partial charge on any atom is -0.391 e. The highest BCUT2D eigenvalue weighted by molar-refractivity contribution is 5.82. The zero-order chi connectivity index (χ0) is 11.0. The summed E-state index contributed by atoms with van der Waals surface area (Å²) in [5.41, 5.74) is 2.31. The second-order valence-electron chi connectivity index (χ2n) is 3.70. The van der Waals surface area contributed by atoms with Crippen LogP contribution in [0.4, 0.5) is 0 Å². The molecule has 3 nitrogen and oxygen atoms in total. The number of fused-ring (bicyclic) bond motifs is 1. The summed E-state index contributed by atoms with van der Waals surface area (Å²) in [5.74, 6) is 0. The van der Waals surface area contributed by atoms with Crippen LogP contribution in [0.2, 0.25) is 0 Å². The fourth-order valence-electron chi connectivity index (χ4n) is 1.94. The summed E-state index contributed by atoms with van der Waals surface area (Å²) < 4.78 is 1.59. The first kappa shape index (κ1) is 9.93. The van der Waals surface area contributed by atoms with Gasteiger partial charge < -0.3 is 9.67 Å². The molecule has 15 heavy (non-hydrogen) atoms. The van der Waals surface area contributed by atoms with Gasteiger partial charge in [-0.15, -0.1) is 0 Å². The van der Waals surface area contributed by atoms with Crippen molar-refractivity contribution in [3.63, 3.8) is 0 Å². The van der Waals surface area contributed by atoms with E-state index in [2.05, 4.69) is 0 Å². The smallest absolute Gasteiger partial charge is 0.256 e. The van der Waals surface area contributed by atoms with Gasteiger partial charge in [-0.05, 0) is 23.9 Å².